The molecular formula is C5H9NOS. The summed E-state index contributed by atoms with van der Waals surface area (Å²) in [5.74, 6) is 2.65. The Morgan fingerprint density at radius 3 is 2.50 bits per heavy atom. The largest absolute Gasteiger partial charge is 0.253 e. The van der Waals surface area contributed by atoms with Gasteiger partial charge in [-0.2, -0.15) is 0 Å². The van der Waals surface area contributed by atoms with Gasteiger partial charge in [0.2, 0.25) is 0 Å². The van der Waals surface area contributed by atoms with Crippen molar-refractivity contribution in [2.75, 3.05) is 12.0 Å². The fourth-order valence-electron chi connectivity index (χ4n) is 0.254. The maximum absolute atomic E-state index is 10.5. The molecule has 2 nitrogen and oxygen atoms in total. The lowest BCUT2D eigenvalue weighted by Gasteiger charge is -1.91. The summed E-state index contributed by atoms with van der Waals surface area (Å²) in [4.78, 5) is 0. The molecule has 0 bridgehead atoms. The van der Waals surface area contributed by atoms with Crippen LogP contribution in [0.5, 0.6) is 0 Å². The standard InChI is InChI=1S/C5H9NOS/c1-3-4-5-8(2,6)7/h1,6H,4-5H2,2H3. The van der Waals surface area contributed by atoms with Crippen LogP contribution in [0, 0.1) is 17.1 Å². The topological polar surface area (TPSA) is 40.9 Å². The van der Waals surface area contributed by atoms with Crippen molar-refractivity contribution in [1.29, 1.82) is 4.78 Å². The van der Waals surface area contributed by atoms with Crippen LogP contribution < -0.4 is 0 Å². The van der Waals surface area contributed by atoms with Crippen LogP contribution in [0.1, 0.15) is 6.42 Å². The Bertz CT molecular complexity index is 185. The Hall–Kier alpha value is -0.490. The third kappa shape index (κ3) is 5.51. The molecule has 0 aliphatic carbocycles. The summed E-state index contributed by atoms with van der Waals surface area (Å²) >= 11 is 0. The van der Waals surface area contributed by atoms with Gasteiger partial charge >= 0.3 is 0 Å². The highest BCUT2D eigenvalue weighted by atomic mass is 32.2. The number of terminal acetylenes is 1. The fourth-order valence-corrected chi connectivity index (χ4v) is 0.761. The molecule has 1 unspecified atom stereocenters. The molecule has 0 amide bonds. The van der Waals surface area contributed by atoms with Crippen molar-refractivity contribution in [2.45, 2.75) is 6.42 Å². The van der Waals surface area contributed by atoms with E-state index in [1.807, 2.05) is 0 Å². The van der Waals surface area contributed by atoms with Crippen LogP contribution in [-0.4, -0.2) is 16.2 Å². The highest BCUT2D eigenvalue weighted by Gasteiger charge is 1.92. The van der Waals surface area contributed by atoms with Gasteiger partial charge in [-0.3, -0.25) is 8.99 Å². The van der Waals surface area contributed by atoms with E-state index >= 15 is 0 Å². The number of hydrogen-bond acceptors (Lipinski definition) is 2. The summed E-state index contributed by atoms with van der Waals surface area (Å²) in [5, 5.41) is 0. The first-order chi connectivity index (χ1) is 3.56. The number of hydrogen-bond donors (Lipinski definition) is 1. The molecule has 0 fully saturated rings. The van der Waals surface area contributed by atoms with Gasteiger partial charge in [0.05, 0.1) is 0 Å². The van der Waals surface area contributed by atoms with Crippen molar-refractivity contribution < 1.29 is 4.21 Å². The Morgan fingerprint density at radius 1 is 1.88 bits per heavy atom. The average molecular weight is 131 g/mol. The fraction of sp³-hybridized carbons (Fsp3) is 0.600. The van der Waals surface area contributed by atoms with Crippen LogP contribution in [0.3, 0.4) is 0 Å². The molecule has 0 saturated carbocycles. The molecule has 0 aliphatic heterocycles. The lowest BCUT2D eigenvalue weighted by atomic mass is 10.5. The molecule has 0 aromatic heterocycles. The van der Waals surface area contributed by atoms with Crippen LogP contribution in [0.15, 0.2) is 0 Å². The predicted molar refractivity (Wildman–Crippen MR) is 35.1 cm³/mol. The first-order valence-corrected chi connectivity index (χ1v) is 4.35. The molecule has 3 heteroatoms. The van der Waals surface area contributed by atoms with Crippen molar-refractivity contribution in [1.82, 2.24) is 0 Å². The first kappa shape index (κ1) is 7.51. The highest BCUT2D eigenvalue weighted by Crippen LogP contribution is 1.86. The number of rotatable bonds is 2. The zero-order valence-electron chi connectivity index (χ0n) is 4.81. The van der Waals surface area contributed by atoms with Gasteiger partial charge in [0.25, 0.3) is 0 Å². The first-order valence-electron chi connectivity index (χ1n) is 2.21. The lowest BCUT2D eigenvalue weighted by Crippen LogP contribution is -1.98. The Morgan fingerprint density at radius 2 is 2.38 bits per heavy atom. The van der Waals surface area contributed by atoms with E-state index in [1.54, 1.807) is 0 Å². The van der Waals surface area contributed by atoms with E-state index in [0.717, 1.165) is 0 Å². The Labute approximate surface area is 50.3 Å². The molecule has 1 atom stereocenters. The molecule has 8 heavy (non-hydrogen) atoms. The lowest BCUT2D eigenvalue weighted by molar-refractivity contribution is 0.678. The summed E-state index contributed by atoms with van der Waals surface area (Å²) in [6.45, 7) is 0. The van der Waals surface area contributed by atoms with Gasteiger partial charge in [-0.25, -0.2) is 0 Å². The molecule has 0 spiro atoms. The van der Waals surface area contributed by atoms with E-state index in [-0.39, 0.29) is 0 Å². The summed E-state index contributed by atoms with van der Waals surface area (Å²) in [6, 6.07) is 0. The molecule has 1 N–H and O–H groups in total. The van der Waals surface area contributed by atoms with Gasteiger partial charge in [-0.15, -0.1) is 12.3 Å². The van der Waals surface area contributed by atoms with Crippen molar-refractivity contribution in [3.05, 3.63) is 0 Å². The summed E-state index contributed by atoms with van der Waals surface area (Å²) in [7, 11) is -2.33. The van der Waals surface area contributed by atoms with Gasteiger partial charge < -0.3 is 0 Å². The van der Waals surface area contributed by atoms with E-state index in [1.165, 1.54) is 6.26 Å². The minimum absolute atomic E-state index is 0.323. The molecule has 0 aliphatic rings. The summed E-state index contributed by atoms with van der Waals surface area (Å²) in [5.41, 5.74) is 0. The molecule has 0 aromatic rings. The maximum Gasteiger partial charge on any atom is 0.0422 e. The highest BCUT2D eigenvalue weighted by molar-refractivity contribution is 7.91. The van der Waals surface area contributed by atoms with E-state index in [4.69, 9.17) is 11.2 Å². The van der Waals surface area contributed by atoms with Gasteiger partial charge in [-0.1, -0.05) is 0 Å². The SMILES string of the molecule is C#CCCS(C)(=N)=O. The summed E-state index contributed by atoms with van der Waals surface area (Å²) in [6.07, 6.45) is 6.71. The molecule has 0 rings (SSSR count). The van der Waals surface area contributed by atoms with Crippen LogP contribution in [-0.2, 0) is 9.73 Å². The quantitative estimate of drug-likeness (QED) is 0.550. The molecular weight excluding hydrogens is 122 g/mol. The smallest absolute Gasteiger partial charge is 0.0422 e. The van der Waals surface area contributed by atoms with Crippen LogP contribution in [0.4, 0.5) is 0 Å². The predicted octanol–water partition coefficient (Wildman–Crippen LogP) is 0.686. The maximum atomic E-state index is 10.5. The van der Waals surface area contributed by atoms with Crippen LogP contribution >= 0.6 is 0 Å². The normalized spacial score (nSPS) is 16.5. The molecule has 0 aromatic carbocycles. The second kappa shape index (κ2) is 2.73. The van der Waals surface area contributed by atoms with Crippen LogP contribution in [0.25, 0.3) is 0 Å². The Balaban J connectivity index is 3.63. The zero-order valence-corrected chi connectivity index (χ0v) is 5.62. The van der Waals surface area contributed by atoms with Crippen molar-refractivity contribution in [2.24, 2.45) is 0 Å². The van der Waals surface area contributed by atoms with Gasteiger partial charge in [-0.05, 0) is 0 Å². The van der Waals surface area contributed by atoms with E-state index < -0.39 is 9.73 Å². The summed E-state index contributed by atoms with van der Waals surface area (Å²) < 4.78 is 17.4. The monoisotopic (exact) mass is 131 g/mol. The Kier molecular flexibility index (Phi) is 2.56. The third-order valence-electron chi connectivity index (χ3n) is 0.636. The van der Waals surface area contributed by atoms with Gasteiger partial charge in [0.1, 0.15) is 0 Å². The molecule has 46 valence electrons. The average Bonchev–Trinajstić information content (AvgIpc) is 1.59. The van der Waals surface area contributed by atoms with Gasteiger partial charge in [0.15, 0.2) is 0 Å². The van der Waals surface area contributed by atoms with Crippen molar-refractivity contribution in [3.63, 3.8) is 0 Å². The second-order valence-corrected chi connectivity index (χ2v) is 4.08. The third-order valence-corrected chi connectivity index (χ3v) is 1.62. The minimum atomic E-state index is -2.33. The van der Waals surface area contributed by atoms with Crippen LogP contribution in [0.2, 0.25) is 0 Å². The molecule has 0 radical (unpaired) electrons. The second-order valence-electron chi connectivity index (χ2n) is 1.66. The van der Waals surface area contributed by atoms with E-state index in [2.05, 4.69) is 5.92 Å². The number of nitrogens with one attached hydrogen (secondary N) is 1. The van der Waals surface area contributed by atoms with E-state index in [9.17, 15) is 4.21 Å². The van der Waals surface area contributed by atoms with Crippen molar-refractivity contribution >= 4 is 9.73 Å². The molecule has 0 saturated heterocycles. The van der Waals surface area contributed by atoms with E-state index in [0.29, 0.717) is 12.2 Å². The zero-order chi connectivity index (χ0) is 6.62. The van der Waals surface area contributed by atoms with Gasteiger partial charge in [0, 0.05) is 28.2 Å². The minimum Gasteiger partial charge on any atom is -0.253 e. The molecule has 0 heterocycles. The van der Waals surface area contributed by atoms with Crippen molar-refractivity contribution in [3.8, 4) is 12.3 Å².